The smallest absolute Gasteiger partial charge is 0.160 e. The van der Waals surface area contributed by atoms with Gasteiger partial charge in [-0.1, -0.05) is 115 Å². The molecule has 8 aromatic carbocycles. The van der Waals surface area contributed by atoms with Gasteiger partial charge in [0.2, 0.25) is 0 Å². The molecular formula is C42H25N3. The number of hydrogen-bond donors (Lipinski definition) is 0. The maximum absolute atomic E-state index is 5.28. The number of nitrogens with zero attached hydrogens (tertiary/aromatic N) is 3. The summed E-state index contributed by atoms with van der Waals surface area (Å²) in [5.41, 5.74) is 7.48. The van der Waals surface area contributed by atoms with Crippen molar-refractivity contribution < 1.29 is 0 Å². The van der Waals surface area contributed by atoms with Gasteiger partial charge in [-0.25, -0.2) is 9.97 Å². The zero-order valence-corrected chi connectivity index (χ0v) is 24.3. The molecule has 0 saturated carbocycles. The zero-order valence-electron chi connectivity index (χ0n) is 24.3. The van der Waals surface area contributed by atoms with Crippen LogP contribution in [-0.2, 0) is 0 Å². The van der Waals surface area contributed by atoms with E-state index in [1.165, 1.54) is 48.6 Å². The Morgan fingerprint density at radius 3 is 1.87 bits per heavy atom. The molecule has 45 heavy (non-hydrogen) atoms. The highest BCUT2D eigenvalue weighted by atomic mass is 15.0. The molecule has 3 heteroatoms. The van der Waals surface area contributed by atoms with Crippen LogP contribution in [0.3, 0.4) is 0 Å². The summed E-state index contributed by atoms with van der Waals surface area (Å²) in [5, 5.41) is 11.2. The molecule has 0 saturated heterocycles. The highest BCUT2D eigenvalue weighted by Gasteiger charge is 2.23. The zero-order chi connectivity index (χ0) is 29.5. The third kappa shape index (κ3) is 3.46. The van der Waals surface area contributed by atoms with E-state index in [0.717, 1.165) is 44.8 Å². The minimum absolute atomic E-state index is 0.726. The van der Waals surface area contributed by atoms with Gasteiger partial charge < -0.3 is 4.57 Å². The first-order valence-corrected chi connectivity index (χ1v) is 15.4. The van der Waals surface area contributed by atoms with Crippen LogP contribution in [0.25, 0.3) is 93.4 Å². The molecule has 0 spiro atoms. The van der Waals surface area contributed by atoms with Gasteiger partial charge in [0.15, 0.2) is 5.82 Å². The molecule has 0 aliphatic rings. The highest BCUT2D eigenvalue weighted by molar-refractivity contribution is 6.39. The Balaban J connectivity index is 1.41. The van der Waals surface area contributed by atoms with Crippen molar-refractivity contribution in [3.63, 3.8) is 0 Å². The average molecular weight is 572 g/mol. The quantitative estimate of drug-likeness (QED) is 0.198. The third-order valence-corrected chi connectivity index (χ3v) is 9.29. The molecule has 3 nitrogen and oxygen atoms in total. The monoisotopic (exact) mass is 571 g/mol. The molecule has 0 fully saturated rings. The predicted octanol–water partition coefficient (Wildman–Crippen LogP) is 11.0. The average Bonchev–Trinajstić information content (AvgIpc) is 3.44. The summed E-state index contributed by atoms with van der Waals surface area (Å²) in [5.74, 6) is 0.726. The van der Waals surface area contributed by atoms with E-state index in [1.54, 1.807) is 0 Å². The van der Waals surface area contributed by atoms with E-state index in [-0.39, 0.29) is 0 Å². The summed E-state index contributed by atoms with van der Waals surface area (Å²) in [7, 11) is 0. The van der Waals surface area contributed by atoms with Crippen LogP contribution < -0.4 is 0 Å². The Kier molecular flexibility index (Phi) is 5.00. The number of para-hydroxylation sites is 2. The van der Waals surface area contributed by atoms with Gasteiger partial charge in [0.05, 0.1) is 22.2 Å². The Labute approximate surface area is 259 Å². The molecule has 208 valence electrons. The van der Waals surface area contributed by atoms with Gasteiger partial charge in [-0.2, -0.15) is 0 Å². The maximum atomic E-state index is 5.28. The Bertz CT molecular complexity index is 2740. The van der Waals surface area contributed by atoms with Crippen molar-refractivity contribution in [3.8, 4) is 28.3 Å². The Morgan fingerprint density at radius 2 is 1.04 bits per heavy atom. The minimum atomic E-state index is 0.726. The van der Waals surface area contributed by atoms with Crippen LogP contribution in [0.2, 0.25) is 0 Å². The standard InChI is InChI=1S/C42H25N3/c1-3-13-26(14-4-1)41-33-21-11-12-22-35(33)43-42(44-41)28-23-34-31-19-9-10-20-32(31)38-30-18-8-7-15-27(30)24-37-40(38)39(34)36(25-28)45(37)29-16-5-2-6-17-29/h1-25H. The normalized spacial score (nSPS) is 12.0. The summed E-state index contributed by atoms with van der Waals surface area (Å²) in [6.45, 7) is 0. The lowest BCUT2D eigenvalue weighted by Crippen LogP contribution is -1.97. The van der Waals surface area contributed by atoms with E-state index >= 15 is 0 Å². The SMILES string of the molecule is c1ccc(-c2nc(-c3cc4c5ccccc5c5c6ccccc6cc6c5c4c(c3)n6-c3ccccc3)nc3ccccc23)cc1. The van der Waals surface area contributed by atoms with Crippen LogP contribution >= 0.6 is 0 Å². The van der Waals surface area contributed by atoms with Gasteiger partial charge in [0.25, 0.3) is 0 Å². The van der Waals surface area contributed by atoms with Crippen LogP contribution in [0.1, 0.15) is 0 Å². The maximum Gasteiger partial charge on any atom is 0.160 e. The van der Waals surface area contributed by atoms with Crippen LogP contribution in [0.5, 0.6) is 0 Å². The number of hydrogen-bond acceptors (Lipinski definition) is 2. The van der Waals surface area contributed by atoms with E-state index in [2.05, 4.69) is 150 Å². The number of rotatable bonds is 3. The third-order valence-electron chi connectivity index (χ3n) is 9.29. The van der Waals surface area contributed by atoms with Crippen molar-refractivity contribution in [2.75, 3.05) is 0 Å². The summed E-state index contributed by atoms with van der Waals surface area (Å²) < 4.78 is 2.43. The number of fused-ring (bicyclic) bond motifs is 6. The van der Waals surface area contributed by atoms with Gasteiger partial charge in [-0.05, 0) is 63.3 Å². The summed E-state index contributed by atoms with van der Waals surface area (Å²) in [6, 6.07) is 54.1. The fourth-order valence-electron chi connectivity index (χ4n) is 7.39. The topological polar surface area (TPSA) is 30.7 Å². The minimum Gasteiger partial charge on any atom is -0.309 e. The molecule has 0 aliphatic carbocycles. The molecule has 2 aromatic heterocycles. The van der Waals surface area contributed by atoms with Gasteiger partial charge in [0.1, 0.15) is 0 Å². The van der Waals surface area contributed by atoms with Gasteiger partial charge in [-0.3, -0.25) is 0 Å². The lowest BCUT2D eigenvalue weighted by molar-refractivity contribution is 1.18. The van der Waals surface area contributed by atoms with Crippen LogP contribution in [0.15, 0.2) is 152 Å². The van der Waals surface area contributed by atoms with Crippen molar-refractivity contribution in [3.05, 3.63) is 152 Å². The van der Waals surface area contributed by atoms with Crippen LogP contribution in [0.4, 0.5) is 0 Å². The Hall–Kier alpha value is -6.06. The second kappa shape index (κ2) is 9.22. The second-order valence-electron chi connectivity index (χ2n) is 11.8. The molecule has 10 rings (SSSR count). The van der Waals surface area contributed by atoms with E-state index in [4.69, 9.17) is 9.97 Å². The van der Waals surface area contributed by atoms with Crippen molar-refractivity contribution in [1.82, 2.24) is 14.5 Å². The molecule has 0 aliphatic heterocycles. The van der Waals surface area contributed by atoms with E-state index in [0.29, 0.717) is 0 Å². The fraction of sp³-hybridized carbons (Fsp3) is 0. The largest absolute Gasteiger partial charge is 0.309 e. The van der Waals surface area contributed by atoms with Gasteiger partial charge in [-0.15, -0.1) is 0 Å². The molecule has 10 aromatic rings. The van der Waals surface area contributed by atoms with E-state index in [1.807, 2.05) is 6.07 Å². The van der Waals surface area contributed by atoms with Crippen LogP contribution in [0, 0.1) is 0 Å². The van der Waals surface area contributed by atoms with Gasteiger partial charge >= 0.3 is 0 Å². The molecule has 2 heterocycles. The van der Waals surface area contributed by atoms with Crippen molar-refractivity contribution in [2.45, 2.75) is 0 Å². The second-order valence-corrected chi connectivity index (χ2v) is 11.8. The summed E-state index contributed by atoms with van der Waals surface area (Å²) >= 11 is 0. The molecule has 0 atom stereocenters. The molecule has 0 amide bonds. The summed E-state index contributed by atoms with van der Waals surface area (Å²) in [6.07, 6.45) is 0. The fourth-order valence-corrected chi connectivity index (χ4v) is 7.39. The Morgan fingerprint density at radius 1 is 0.400 bits per heavy atom. The summed E-state index contributed by atoms with van der Waals surface area (Å²) in [4.78, 5) is 10.4. The lowest BCUT2D eigenvalue weighted by atomic mass is 9.90. The first-order valence-electron chi connectivity index (χ1n) is 15.4. The molecule has 0 N–H and O–H groups in total. The highest BCUT2D eigenvalue weighted by Crippen LogP contribution is 2.47. The number of benzene rings is 8. The lowest BCUT2D eigenvalue weighted by Gasteiger charge is -2.13. The van der Waals surface area contributed by atoms with E-state index in [9.17, 15) is 0 Å². The van der Waals surface area contributed by atoms with Gasteiger partial charge in [0, 0.05) is 38.4 Å². The predicted molar refractivity (Wildman–Crippen MR) is 188 cm³/mol. The molecule has 0 radical (unpaired) electrons. The van der Waals surface area contributed by atoms with Crippen molar-refractivity contribution >= 4 is 65.0 Å². The molecular weight excluding hydrogens is 546 g/mol. The van der Waals surface area contributed by atoms with E-state index < -0.39 is 0 Å². The number of aromatic nitrogens is 3. The van der Waals surface area contributed by atoms with Crippen molar-refractivity contribution in [2.24, 2.45) is 0 Å². The van der Waals surface area contributed by atoms with Crippen LogP contribution in [-0.4, -0.2) is 14.5 Å². The molecule has 0 unspecified atom stereocenters. The first kappa shape index (κ1) is 24.4. The first-order chi connectivity index (χ1) is 22.3. The van der Waals surface area contributed by atoms with Crippen molar-refractivity contribution in [1.29, 1.82) is 0 Å². The molecule has 0 bridgehead atoms.